The van der Waals surface area contributed by atoms with E-state index in [1.165, 1.54) is 12.1 Å². The topological polar surface area (TPSA) is 130 Å². The highest BCUT2D eigenvalue weighted by atomic mass is 32.2. The van der Waals surface area contributed by atoms with E-state index in [0.717, 1.165) is 29.3 Å². The molecule has 0 unspecified atom stereocenters. The van der Waals surface area contributed by atoms with E-state index in [2.05, 4.69) is 4.98 Å². The Morgan fingerprint density at radius 1 is 1.00 bits per heavy atom. The van der Waals surface area contributed by atoms with Gasteiger partial charge >= 0.3 is 0 Å². The number of non-ortho nitro benzene ring substituents is 1. The lowest BCUT2D eigenvalue weighted by molar-refractivity contribution is -0.384. The molecule has 12 heteroatoms. The van der Waals surface area contributed by atoms with Crippen LogP contribution in [0.4, 0.5) is 5.69 Å². The summed E-state index contributed by atoms with van der Waals surface area (Å²) in [6, 6.07) is 21.5. The van der Waals surface area contributed by atoms with Crippen molar-refractivity contribution in [1.82, 2.24) is 14.8 Å². The third-order valence-corrected chi connectivity index (χ3v) is 12.6. The largest absolute Gasteiger partial charge is 0.451 e. The molecule has 2 aromatic heterocycles. The number of rotatable bonds is 8. The van der Waals surface area contributed by atoms with Crippen molar-refractivity contribution < 1.29 is 17.9 Å². The smallest absolute Gasteiger partial charge is 0.284 e. The summed E-state index contributed by atoms with van der Waals surface area (Å²) in [4.78, 5) is 15.0. The molecule has 3 aromatic carbocycles. The summed E-state index contributed by atoms with van der Waals surface area (Å²) in [5, 5.41) is 16.8. The Morgan fingerprint density at radius 2 is 1.71 bits per heavy atom. The number of fused-ring (bicyclic) bond motifs is 2. The van der Waals surface area contributed by atoms with Crippen molar-refractivity contribution in [1.29, 1.82) is 0 Å². The number of nitro groups is 1. The van der Waals surface area contributed by atoms with E-state index in [-0.39, 0.29) is 10.6 Å². The van der Waals surface area contributed by atoms with E-state index in [4.69, 9.17) is 13.8 Å². The first-order chi connectivity index (χ1) is 19.5. The van der Waals surface area contributed by atoms with Crippen molar-refractivity contribution in [2.75, 3.05) is 0 Å². The molecule has 0 aliphatic heterocycles. The number of nitrogens with zero attached hydrogens (tertiary/aromatic N) is 5. The molecule has 0 spiro atoms. The molecule has 5 aromatic rings. The van der Waals surface area contributed by atoms with Gasteiger partial charge in [0.25, 0.3) is 15.7 Å². The molecule has 10 nitrogen and oxygen atoms in total. The summed E-state index contributed by atoms with van der Waals surface area (Å²) < 4.78 is 41.7. The lowest BCUT2D eigenvalue weighted by Crippen LogP contribution is -2.33. The van der Waals surface area contributed by atoms with Gasteiger partial charge in [-0.05, 0) is 36.8 Å². The minimum absolute atomic E-state index is 0.165. The summed E-state index contributed by atoms with van der Waals surface area (Å²) in [6.45, 7) is 8.27. The van der Waals surface area contributed by atoms with Crippen molar-refractivity contribution in [3.8, 4) is 5.75 Å². The Bertz CT molecular complexity index is 1920. The second kappa shape index (κ2) is 10.7. The summed E-state index contributed by atoms with van der Waals surface area (Å²) in [5.41, 5.74) is 1.66. The highest BCUT2D eigenvalue weighted by Gasteiger charge is 2.45. The molecule has 0 saturated carbocycles. The van der Waals surface area contributed by atoms with Crippen molar-refractivity contribution in [2.24, 2.45) is 4.15 Å². The summed E-state index contributed by atoms with van der Waals surface area (Å²) in [6.07, 6.45) is 2.41. The Labute approximate surface area is 238 Å². The van der Waals surface area contributed by atoms with Gasteiger partial charge in [-0.25, -0.2) is 0 Å². The van der Waals surface area contributed by atoms with Crippen molar-refractivity contribution >= 4 is 50.2 Å². The fraction of sp³-hybridized carbons (Fsp3) is 0.241. The van der Waals surface area contributed by atoms with E-state index >= 15 is 0 Å². The highest BCUT2D eigenvalue weighted by Crippen LogP contribution is 2.62. The predicted octanol–water partition coefficient (Wildman–Crippen LogP) is 6.91. The van der Waals surface area contributed by atoms with Gasteiger partial charge in [0.2, 0.25) is 7.28 Å². The number of nitro benzene ring substituents is 1. The van der Waals surface area contributed by atoms with E-state index in [0.29, 0.717) is 28.8 Å². The minimum Gasteiger partial charge on any atom is -0.451 e. The van der Waals surface area contributed by atoms with Gasteiger partial charge in [0.05, 0.1) is 15.3 Å². The molecule has 2 heterocycles. The van der Waals surface area contributed by atoms with E-state index in [1.807, 2.05) is 80.9 Å². The van der Waals surface area contributed by atoms with E-state index in [1.54, 1.807) is 12.3 Å². The summed E-state index contributed by atoms with van der Waals surface area (Å²) in [5.74, 6) is 0.405. The molecule has 0 fully saturated rings. The zero-order chi connectivity index (χ0) is 29.4. The average Bonchev–Trinajstić information content (AvgIpc) is 3.30. The van der Waals surface area contributed by atoms with E-state index < -0.39 is 27.4 Å². The van der Waals surface area contributed by atoms with Gasteiger partial charge in [0, 0.05) is 40.8 Å². The third kappa shape index (κ3) is 5.23. The third-order valence-electron chi connectivity index (χ3n) is 6.64. The van der Waals surface area contributed by atoms with Crippen molar-refractivity contribution in [3.63, 3.8) is 0 Å². The zero-order valence-electron chi connectivity index (χ0n) is 23.1. The molecule has 0 aliphatic rings. The second-order valence-electron chi connectivity index (χ2n) is 10.5. The number of sulfonamides is 1. The quantitative estimate of drug-likeness (QED) is 0.109. The fourth-order valence-corrected chi connectivity index (χ4v) is 10.6. The molecule has 0 amide bonds. The Hall–Kier alpha value is -4.08. The van der Waals surface area contributed by atoms with Crippen LogP contribution in [0.15, 0.2) is 94.1 Å². The molecule has 0 aliphatic carbocycles. The molecule has 0 bridgehead atoms. The normalized spacial score (nSPS) is 13.7. The molecule has 5 rings (SSSR count). The summed E-state index contributed by atoms with van der Waals surface area (Å²) >= 11 is 0. The first-order valence-electron chi connectivity index (χ1n) is 13.1. The fourth-order valence-electron chi connectivity index (χ4n) is 4.66. The molecule has 1 atom stereocenters. The molecule has 0 saturated heterocycles. The van der Waals surface area contributed by atoms with Crippen LogP contribution in [0.25, 0.3) is 21.8 Å². The van der Waals surface area contributed by atoms with Gasteiger partial charge in [0.1, 0.15) is 11.0 Å². The number of aromatic nitrogens is 3. The molecular weight excluding hydrogens is 561 g/mol. The van der Waals surface area contributed by atoms with Gasteiger partial charge in [-0.3, -0.25) is 19.8 Å². The van der Waals surface area contributed by atoms with Crippen LogP contribution in [-0.2, 0) is 16.6 Å². The van der Waals surface area contributed by atoms with Crippen LogP contribution in [-0.4, -0.2) is 33.3 Å². The van der Waals surface area contributed by atoms with Crippen LogP contribution in [0.5, 0.6) is 5.75 Å². The monoisotopic (exact) mass is 591 g/mol. The molecule has 212 valence electrons. The summed E-state index contributed by atoms with van der Waals surface area (Å²) in [7, 11) is -7.96. The molecule has 41 heavy (non-hydrogen) atoms. The van der Waals surface area contributed by atoms with E-state index in [9.17, 15) is 18.5 Å². The number of para-hydroxylation sites is 1. The minimum atomic E-state index is -4.38. The highest BCUT2D eigenvalue weighted by molar-refractivity contribution is 7.95. The Morgan fingerprint density at radius 3 is 2.39 bits per heavy atom. The lowest BCUT2D eigenvalue weighted by atomic mass is 10.2. The van der Waals surface area contributed by atoms with Crippen molar-refractivity contribution in [3.05, 3.63) is 95.2 Å². The van der Waals surface area contributed by atoms with Gasteiger partial charge in [-0.1, -0.05) is 64.1 Å². The van der Waals surface area contributed by atoms with Crippen LogP contribution in [0.1, 0.15) is 34.1 Å². The van der Waals surface area contributed by atoms with Crippen LogP contribution < -0.4 is 9.96 Å². The van der Waals surface area contributed by atoms with Crippen LogP contribution >= 0.6 is 7.28 Å². The number of aryl methyl sites for hydroxylation is 1. The maximum atomic E-state index is 14.1. The maximum absolute atomic E-state index is 14.1. The van der Waals surface area contributed by atoms with Crippen LogP contribution in [0.3, 0.4) is 0 Å². The zero-order valence-corrected chi connectivity index (χ0v) is 24.8. The molecular formula is C29H30N5O5PS. The van der Waals surface area contributed by atoms with Gasteiger partial charge in [0.15, 0.2) is 5.75 Å². The lowest BCUT2D eigenvalue weighted by Gasteiger charge is -2.36. The van der Waals surface area contributed by atoms with Gasteiger partial charge in [-0.2, -0.15) is 13.5 Å². The van der Waals surface area contributed by atoms with Crippen LogP contribution in [0, 0.1) is 10.1 Å². The Balaban J connectivity index is 1.90. The molecule has 0 N–H and O–H groups in total. The number of benzene rings is 3. The standard InChI is InChI=1S/C29H30N5O5PS/c1-5-20-33-28(24-12-6-7-13-25(24)31-33)40(29(2,3)4,39-26-14-8-10-21-11-9-19-30-27(21)26)32-41(37,38)23-17-15-22(16-18-23)34(35)36/h6-19H,5,20H2,1-4H3/t40-/m1/s1. The number of hydrogen-bond donors (Lipinski definition) is 0. The maximum Gasteiger partial charge on any atom is 0.284 e. The predicted molar refractivity (Wildman–Crippen MR) is 161 cm³/mol. The SMILES string of the molecule is CCCn1nc2ccccc2c1[P@@](=NS(=O)(=O)c1ccc([N+](=O)[O-])cc1)(Oc1cccc2cccnc12)C(C)(C)C. The Kier molecular flexibility index (Phi) is 7.44. The number of pyridine rings is 1. The average molecular weight is 592 g/mol. The second-order valence-corrected chi connectivity index (χ2v) is 15.7. The first-order valence-corrected chi connectivity index (χ1v) is 16.2. The van der Waals surface area contributed by atoms with Gasteiger partial charge < -0.3 is 4.52 Å². The number of hydrogen-bond acceptors (Lipinski definition) is 7. The van der Waals surface area contributed by atoms with Crippen molar-refractivity contribution in [2.45, 2.75) is 50.7 Å². The molecule has 0 radical (unpaired) electrons. The van der Waals surface area contributed by atoms with Crippen LogP contribution in [0.2, 0.25) is 0 Å². The first kappa shape index (κ1) is 28.4. The van der Waals surface area contributed by atoms with Gasteiger partial charge in [-0.15, -0.1) is 4.15 Å².